The monoisotopic (exact) mass is 401 g/mol. The Morgan fingerprint density at radius 2 is 2.04 bits per heavy atom. The Hall–Kier alpha value is -2.42. The van der Waals surface area contributed by atoms with E-state index in [-0.39, 0.29) is 12.4 Å². The van der Waals surface area contributed by atoms with E-state index in [4.69, 9.17) is 4.74 Å². The van der Waals surface area contributed by atoms with Crippen LogP contribution in [-0.4, -0.2) is 39.6 Å². The zero-order chi connectivity index (χ0) is 19.1. The SMILES string of the molecule is CC(=O)c1cccc(OC[C@@H](O)CSc2nnc(Nc3ccccc3)s2)c1. The van der Waals surface area contributed by atoms with Gasteiger partial charge in [-0.25, -0.2) is 0 Å². The molecule has 0 saturated carbocycles. The first-order valence-electron chi connectivity index (χ1n) is 8.30. The Morgan fingerprint density at radius 1 is 1.22 bits per heavy atom. The van der Waals surface area contributed by atoms with Crippen molar-refractivity contribution >= 4 is 39.7 Å². The van der Waals surface area contributed by atoms with Crippen molar-refractivity contribution in [3.63, 3.8) is 0 Å². The van der Waals surface area contributed by atoms with E-state index in [0.717, 1.165) is 10.0 Å². The number of benzene rings is 2. The minimum absolute atomic E-state index is 0.0206. The normalized spacial score (nSPS) is 11.8. The number of Topliss-reactive ketones (excluding diaryl/α,β-unsaturated/α-hetero) is 1. The van der Waals surface area contributed by atoms with Gasteiger partial charge in [0, 0.05) is 17.0 Å². The Kier molecular flexibility index (Phi) is 6.80. The van der Waals surface area contributed by atoms with Crippen molar-refractivity contribution in [1.29, 1.82) is 0 Å². The fourth-order valence-corrected chi connectivity index (χ4v) is 3.88. The van der Waals surface area contributed by atoms with Crippen molar-refractivity contribution in [2.24, 2.45) is 0 Å². The largest absolute Gasteiger partial charge is 0.491 e. The number of anilines is 2. The van der Waals surface area contributed by atoms with E-state index in [1.807, 2.05) is 30.3 Å². The molecule has 3 rings (SSSR count). The first-order valence-corrected chi connectivity index (χ1v) is 10.1. The molecule has 0 aliphatic rings. The van der Waals surface area contributed by atoms with Gasteiger partial charge in [0.25, 0.3) is 0 Å². The van der Waals surface area contributed by atoms with Gasteiger partial charge in [0.05, 0.1) is 6.10 Å². The molecule has 27 heavy (non-hydrogen) atoms. The molecular formula is C19H19N3O3S2. The number of para-hydroxylation sites is 1. The van der Waals surface area contributed by atoms with Gasteiger partial charge in [0.2, 0.25) is 5.13 Å². The van der Waals surface area contributed by atoms with Crippen LogP contribution < -0.4 is 10.1 Å². The minimum atomic E-state index is -0.662. The van der Waals surface area contributed by atoms with Crippen LogP contribution in [0, 0.1) is 0 Å². The molecule has 0 unspecified atom stereocenters. The molecule has 2 N–H and O–H groups in total. The zero-order valence-electron chi connectivity index (χ0n) is 14.7. The zero-order valence-corrected chi connectivity index (χ0v) is 16.3. The summed E-state index contributed by atoms with van der Waals surface area (Å²) in [4.78, 5) is 11.4. The molecule has 0 spiro atoms. The summed E-state index contributed by atoms with van der Waals surface area (Å²) >= 11 is 2.85. The first-order chi connectivity index (χ1) is 13.1. The molecule has 0 bridgehead atoms. The number of aliphatic hydroxyl groups excluding tert-OH is 1. The molecule has 0 aliphatic carbocycles. The average Bonchev–Trinajstić information content (AvgIpc) is 3.13. The predicted octanol–water partition coefficient (Wildman–Crippen LogP) is 4.02. The van der Waals surface area contributed by atoms with Crippen LogP contribution in [0.15, 0.2) is 58.9 Å². The number of thioether (sulfide) groups is 1. The van der Waals surface area contributed by atoms with E-state index in [9.17, 15) is 9.90 Å². The van der Waals surface area contributed by atoms with Crippen LogP contribution in [0.25, 0.3) is 0 Å². The summed E-state index contributed by atoms with van der Waals surface area (Å²) in [5.74, 6) is 0.983. The van der Waals surface area contributed by atoms with Gasteiger partial charge in [-0.2, -0.15) is 0 Å². The number of nitrogens with one attached hydrogen (secondary N) is 1. The third-order valence-corrected chi connectivity index (χ3v) is 5.63. The lowest BCUT2D eigenvalue weighted by molar-refractivity contribution is 0.101. The number of carbonyl (C=O) groups is 1. The van der Waals surface area contributed by atoms with E-state index >= 15 is 0 Å². The third-order valence-electron chi connectivity index (χ3n) is 3.51. The molecule has 0 amide bonds. The van der Waals surface area contributed by atoms with Crippen molar-refractivity contribution in [3.05, 3.63) is 60.2 Å². The average molecular weight is 402 g/mol. The van der Waals surface area contributed by atoms with Crippen molar-refractivity contribution in [2.45, 2.75) is 17.4 Å². The van der Waals surface area contributed by atoms with Crippen LogP contribution >= 0.6 is 23.1 Å². The number of rotatable bonds is 9. The maximum atomic E-state index is 11.4. The number of aliphatic hydroxyl groups is 1. The molecule has 0 aliphatic heterocycles. The second-order valence-corrected chi connectivity index (χ2v) is 7.97. The van der Waals surface area contributed by atoms with Gasteiger partial charge in [-0.1, -0.05) is 53.4 Å². The standard InChI is InChI=1S/C19H19N3O3S2/c1-13(23)14-6-5-9-17(10-14)25-11-16(24)12-26-19-22-21-18(27-19)20-15-7-3-2-4-8-15/h2-10,16,24H,11-12H2,1H3,(H,20,21)/t16-/m1/s1. The minimum Gasteiger partial charge on any atom is -0.491 e. The maximum Gasteiger partial charge on any atom is 0.210 e. The van der Waals surface area contributed by atoms with E-state index in [1.54, 1.807) is 24.3 Å². The van der Waals surface area contributed by atoms with Crippen molar-refractivity contribution < 1.29 is 14.6 Å². The summed E-state index contributed by atoms with van der Waals surface area (Å²) in [6.45, 7) is 1.65. The molecule has 140 valence electrons. The lowest BCUT2D eigenvalue weighted by Gasteiger charge is -2.11. The highest BCUT2D eigenvalue weighted by atomic mass is 32.2. The molecule has 3 aromatic rings. The molecule has 1 aromatic heterocycles. The Bertz CT molecular complexity index is 887. The second-order valence-electron chi connectivity index (χ2n) is 5.72. The number of carbonyl (C=O) groups excluding carboxylic acids is 1. The molecule has 0 radical (unpaired) electrons. The van der Waals surface area contributed by atoms with Gasteiger partial charge in [0.1, 0.15) is 12.4 Å². The van der Waals surface area contributed by atoms with Crippen molar-refractivity contribution in [1.82, 2.24) is 10.2 Å². The summed E-state index contributed by atoms with van der Waals surface area (Å²) in [5, 5.41) is 22.2. The van der Waals surface area contributed by atoms with Crippen molar-refractivity contribution in [3.8, 4) is 5.75 Å². The summed E-state index contributed by atoms with van der Waals surface area (Å²) in [5.41, 5.74) is 1.54. The van der Waals surface area contributed by atoms with Crippen LogP contribution in [0.1, 0.15) is 17.3 Å². The summed E-state index contributed by atoms with van der Waals surface area (Å²) < 4.78 is 6.34. The smallest absolute Gasteiger partial charge is 0.210 e. The van der Waals surface area contributed by atoms with Crippen LogP contribution in [0.5, 0.6) is 5.75 Å². The van der Waals surface area contributed by atoms with Gasteiger partial charge < -0.3 is 15.2 Å². The molecule has 1 heterocycles. The van der Waals surface area contributed by atoms with Gasteiger partial charge in [-0.05, 0) is 31.2 Å². The molecule has 8 heteroatoms. The fourth-order valence-electron chi connectivity index (χ4n) is 2.18. The molecule has 0 saturated heterocycles. The summed E-state index contributed by atoms with van der Waals surface area (Å²) in [6.07, 6.45) is -0.662. The quantitative estimate of drug-likeness (QED) is 0.414. The number of ether oxygens (including phenoxy) is 1. The fraction of sp³-hybridized carbons (Fsp3) is 0.211. The highest BCUT2D eigenvalue weighted by Gasteiger charge is 2.11. The number of ketones is 1. The lowest BCUT2D eigenvalue weighted by Crippen LogP contribution is -2.20. The number of aromatic nitrogens is 2. The number of hydrogen-bond acceptors (Lipinski definition) is 8. The molecule has 1 atom stereocenters. The molecule has 0 fully saturated rings. The second kappa shape index (κ2) is 9.50. The first kappa shape index (κ1) is 19.3. The maximum absolute atomic E-state index is 11.4. The molecular weight excluding hydrogens is 382 g/mol. The Balaban J connectivity index is 1.45. The van der Waals surface area contributed by atoms with Gasteiger partial charge in [0.15, 0.2) is 10.1 Å². The lowest BCUT2D eigenvalue weighted by atomic mass is 10.1. The van der Waals surface area contributed by atoms with E-state index in [0.29, 0.717) is 22.2 Å². The highest BCUT2D eigenvalue weighted by Crippen LogP contribution is 2.28. The highest BCUT2D eigenvalue weighted by molar-refractivity contribution is 8.01. The Morgan fingerprint density at radius 3 is 2.81 bits per heavy atom. The van der Waals surface area contributed by atoms with Gasteiger partial charge in [-0.3, -0.25) is 4.79 Å². The van der Waals surface area contributed by atoms with E-state index < -0.39 is 6.10 Å². The Labute approximate surface area is 165 Å². The van der Waals surface area contributed by atoms with Crippen LogP contribution in [-0.2, 0) is 0 Å². The van der Waals surface area contributed by atoms with Crippen LogP contribution in [0.4, 0.5) is 10.8 Å². The van der Waals surface area contributed by atoms with Crippen molar-refractivity contribution in [2.75, 3.05) is 17.7 Å². The summed E-state index contributed by atoms with van der Waals surface area (Å²) in [6, 6.07) is 16.7. The topological polar surface area (TPSA) is 84.3 Å². The van der Waals surface area contributed by atoms with Gasteiger partial charge >= 0.3 is 0 Å². The molecule has 2 aromatic carbocycles. The van der Waals surface area contributed by atoms with Crippen LogP contribution in [0.3, 0.4) is 0 Å². The predicted molar refractivity (Wildman–Crippen MR) is 108 cm³/mol. The summed E-state index contributed by atoms with van der Waals surface area (Å²) in [7, 11) is 0. The number of hydrogen-bond donors (Lipinski definition) is 2. The number of nitrogens with zero attached hydrogens (tertiary/aromatic N) is 2. The van der Waals surface area contributed by atoms with Crippen LogP contribution in [0.2, 0.25) is 0 Å². The van der Waals surface area contributed by atoms with E-state index in [1.165, 1.54) is 30.0 Å². The van der Waals surface area contributed by atoms with Gasteiger partial charge in [-0.15, -0.1) is 10.2 Å². The molecule has 6 nitrogen and oxygen atoms in total. The third kappa shape index (κ3) is 6.06. The van der Waals surface area contributed by atoms with E-state index in [2.05, 4.69) is 15.5 Å².